The molecule has 2 nitrogen and oxygen atoms in total. The van der Waals surface area contributed by atoms with Gasteiger partial charge in [0.1, 0.15) is 17.2 Å². The Morgan fingerprint density at radius 1 is 1.35 bits per heavy atom. The molecule has 1 rings (SSSR count). The van der Waals surface area contributed by atoms with Crippen LogP contribution in [-0.4, -0.2) is 12.1 Å². The van der Waals surface area contributed by atoms with Crippen LogP contribution in [0.1, 0.15) is 46.2 Å². The number of halogens is 1. The zero-order valence-electron chi connectivity index (χ0n) is 11.3. The highest BCUT2D eigenvalue weighted by Gasteiger charge is 2.20. The van der Waals surface area contributed by atoms with E-state index in [-0.39, 0.29) is 17.5 Å². The Bertz CT molecular complexity index is 371. The molecule has 0 heterocycles. The minimum atomic E-state index is -0.325. The van der Waals surface area contributed by atoms with E-state index in [2.05, 4.69) is 5.32 Å². The molecule has 0 saturated carbocycles. The van der Waals surface area contributed by atoms with Crippen LogP contribution in [0.2, 0.25) is 0 Å². The topological polar surface area (TPSA) is 21.3 Å². The minimum absolute atomic E-state index is 0.0569. The van der Waals surface area contributed by atoms with Crippen LogP contribution >= 0.6 is 0 Å². The fourth-order valence-corrected chi connectivity index (χ4v) is 1.76. The zero-order valence-corrected chi connectivity index (χ0v) is 11.3. The third-order valence-corrected chi connectivity index (χ3v) is 2.37. The molecule has 0 spiro atoms. The Morgan fingerprint density at radius 2 is 2.00 bits per heavy atom. The number of hydrogen-bond acceptors (Lipinski definition) is 2. The highest BCUT2D eigenvalue weighted by Crippen LogP contribution is 2.30. The van der Waals surface area contributed by atoms with Crippen molar-refractivity contribution in [2.24, 2.45) is 0 Å². The highest BCUT2D eigenvalue weighted by molar-refractivity contribution is 5.37. The van der Waals surface area contributed by atoms with Gasteiger partial charge < -0.3 is 10.1 Å². The number of nitrogens with one attached hydrogen (secondary N) is 1. The maximum atomic E-state index is 13.9. The summed E-state index contributed by atoms with van der Waals surface area (Å²) in [6.07, 6.45) is 0. The van der Waals surface area contributed by atoms with Crippen LogP contribution in [0.3, 0.4) is 0 Å². The first kappa shape index (κ1) is 14.0. The molecule has 3 heteroatoms. The summed E-state index contributed by atoms with van der Waals surface area (Å²) >= 11 is 0. The summed E-state index contributed by atoms with van der Waals surface area (Å²) in [5.74, 6) is 0.395. The van der Waals surface area contributed by atoms with Gasteiger partial charge >= 0.3 is 0 Å². The number of benzene rings is 1. The predicted octanol–water partition coefficient (Wildman–Crippen LogP) is 3.67. The van der Waals surface area contributed by atoms with Gasteiger partial charge in [-0.3, -0.25) is 0 Å². The molecule has 0 fully saturated rings. The fraction of sp³-hybridized carbons (Fsp3) is 0.571. The van der Waals surface area contributed by atoms with Crippen LogP contribution < -0.4 is 10.1 Å². The van der Waals surface area contributed by atoms with Crippen molar-refractivity contribution in [3.8, 4) is 5.75 Å². The van der Waals surface area contributed by atoms with Crippen LogP contribution in [-0.2, 0) is 0 Å². The largest absolute Gasteiger partial charge is 0.488 e. The average Bonchev–Trinajstić information content (AvgIpc) is 2.15. The Labute approximate surface area is 103 Å². The van der Waals surface area contributed by atoms with E-state index in [4.69, 9.17) is 4.74 Å². The zero-order chi connectivity index (χ0) is 13.1. The Kier molecular flexibility index (Phi) is 4.52. The van der Waals surface area contributed by atoms with E-state index in [1.54, 1.807) is 6.07 Å². The molecule has 1 unspecified atom stereocenters. The lowest BCUT2D eigenvalue weighted by molar-refractivity contribution is 0.127. The molecule has 0 aliphatic heterocycles. The average molecular weight is 239 g/mol. The summed E-state index contributed by atoms with van der Waals surface area (Å²) in [6.45, 7) is 10.6. The lowest BCUT2D eigenvalue weighted by Gasteiger charge is -2.25. The fourth-order valence-electron chi connectivity index (χ4n) is 1.76. The van der Waals surface area contributed by atoms with E-state index in [1.165, 1.54) is 6.07 Å². The van der Waals surface area contributed by atoms with E-state index in [0.29, 0.717) is 11.3 Å². The SMILES string of the molecule is CCNC(C)c1c(F)cccc1OC(C)(C)C. The van der Waals surface area contributed by atoms with Crippen molar-refractivity contribution in [3.63, 3.8) is 0 Å². The molecule has 0 aliphatic carbocycles. The summed E-state index contributed by atoms with van der Waals surface area (Å²) in [5, 5.41) is 3.21. The Morgan fingerprint density at radius 3 is 2.53 bits per heavy atom. The van der Waals surface area contributed by atoms with Gasteiger partial charge in [-0.25, -0.2) is 4.39 Å². The van der Waals surface area contributed by atoms with Crippen molar-refractivity contribution in [2.45, 2.75) is 46.3 Å². The molecule has 1 aromatic carbocycles. The molecule has 1 atom stereocenters. The summed E-state index contributed by atoms with van der Waals surface area (Å²) in [4.78, 5) is 0. The first-order valence-corrected chi connectivity index (χ1v) is 6.06. The third-order valence-electron chi connectivity index (χ3n) is 2.37. The first-order chi connectivity index (χ1) is 7.85. The van der Waals surface area contributed by atoms with Gasteiger partial charge in [0, 0.05) is 11.6 Å². The molecule has 0 amide bonds. The van der Waals surface area contributed by atoms with Gasteiger partial charge in [0.25, 0.3) is 0 Å². The second-order valence-corrected chi connectivity index (χ2v) is 5.15. The lowest BCUT2D eigenvalue weighted by Crippen LogP contribution is -2.26. The van der Waals surface area contributed by atoms with E-state index < -0.39 is 0 Å². The monoisotopic (exact) mass is 239 g/mol. The second-order valence-electron chi connectivity index (χ2n) is 5.15. The maximum Gasteiger partial charge on any atom is 0.131 e. The summed E-state index contributed by atoms with van der Waals surface area (Å²) < 4.78 is 19.7. The molecule has 0 aliphatic rings. The van der Waals surface area contributed by atoms with E-state index >= 15 is 0 Å². The molecule has 96 valence electrons. The van der Waals surface area contributed by atoms with Crippen LogP contribution in [0.25, 0.3) is 0 Å². The Balaban J connectivity index is 3.08. The highest BCUT2D eigenvalue weighted by atomic mass is 19.1. The number of hydrogen-bond donors (Lipinski definition) is 1. The molecular weight excluding hydrogens is 217 g/mol. The van der Waals surface area contributed by atoms with Crippen molar-refractivity contribution in [2.75, 3.05) is 6.54 Å². The standard InChI is InChI=1S/C14H22FNO/c1-6-16-10(2)13-11(15)8-7-9-12(13)17-14(3,4)5/h7-10,16H,6H2,1-5H3. The van der Waals surface area contributed by atoms with Crippen LogP contribution in [0.5, 0.6) is 5.75 Å². The smallest absolute Gasteiger partial charge is 0.131 e. The van der Waals surface area contributed by atoms with E-state index in [9.17, 15) is 4.39 Å². The van der Waals surface area contributed by atoms with Gasteiger partial charge in [0.05, 0.1) is 0 Å². The van der Waals surface area contributed by atoms with Crippen molar-refractivity contribution >= 4 is 0 Å². The molecular formula is C14H22FNO. The maximum absolute atomic E-state index is 13.9. The van der Waals surface area contributed by atoms with Gasteiger partial charge in [-0.2, -0.15) is 0 Å². The number of ether oxygens (including phenoxy) is 1. The molecule has 1 N–H and O–H groups in total. The normalized spacial score (nSPS) is 13.5. The quantitative estimate of drug-likeness (QED) is 0.865. The lowest BCUT2D eigenvalue weighted by atomic mass is 10.1. The van der Waals surface area contributed by atoms with Crippen LogP contribution in [0.15, 0.2) is 18.2 Å². The van der Waals surface area contributed by atoms with Gasteiger partial charge in [0.15, 0.2) is 0 Å². The summed E-state index contributed by atoms with van der Waals surface area (Å²) in [5.41, 5.74) is 0.276. The molecule has 1 aromatic rings. The van der Waals surface area contributed by atoms with Gasteiger partial charge in [-0.1, -0.05) is 13.0 Å². The predicted molar refractivity (Wildman–Crippen MR) is 68.9 cm³/mol. The van der Waals surface area contributed by atoms with Gasteiger partial charge in [-0.05, 0) is 46.4 Å². The number of rotatable bonds is 4. The van der Waals surface area contributed by atoms with E-state index in [1.807, 2.05) is 40.7 Å². The van der Waals surface area contributed by atoms with Crippen molar-refractivity contribution in [3.05, 3.63) is 29.6 Å². The molecule has 0 saturated heterocycles. The summed E-state index contributed by atoms with van der Waals surface area (Å²) in [6, 6.07) is 4.91. The van der Waals surface area contributed by atoms with E-state index in [0.717, 1.165) is 6.54 Å². The van der Waals surface area contributed by atoms with Gasteiger partial charge in [0.2, 0.25) is 0 Å². The molecule has 0 aromatic heterocycles. The third kappa shape index (κ3) is 4.00. The van der Waals surface area contributed by atoms with Crippen LogP contribution in [0, 0.1) is 5.82 Å². The molecule has 17 heavy (non-hydrogen) atoms. The van der Waals surface area contributed by atoms with Gasteiger partial charge in [-0.15, -0.1) is 0 Å². The van der Waals surface area contributed by atoms with Crippen molar-refractivity contribution < 1.29 is 9.13 Å². The first-order valence-electron chi connectivity index (χ1n) is 6.06. The summed E-state index contributed by atoms with van der Waals surface area (Å²) in [7, 11) is 0. The minimum Gasteiger partial charge on any atom is -0.488 e. The van der Waals surface area contributed by atoms with Crippen LogP contribution in [0.4, 0.5) is 4.39 Å². The molecule has 0 radical (unpaired) electrons. The second kappa shape index (κ2) is 5.50. The van der Waals surface area contributed by atoms with Crippen molar-refractivity contribution in [1.82, 2.24) is 5.32 Å². The molecule has 0 bridgehead atoms. The van der Waals surface area contributed by atoms with Crippen molar-refractivity contribution in [1.29, 1.82) is 0 Å². The Hall–Kier alpha value is -1.09.